The van der Waals surface area contributed by atoms with E-state index >= 15 is 0 Å². The van der Waals surface area contributed by atoms with Gasteiger partial charge in [-0.1, -0.05) is 11.6 Å². The molecule has 0 N–H and O–H groups in total. The minimum absolute atomic E-state index is 0.315. The number of hydrogen-bond donors (Lipinski definition) is 0. The third-order valence-corrected chi connectivity index (χ3v) is 4.23. The molecule has 1 aromatic heterocycles. The molecule has 1 aromatic carbocycles. The fraction of sp³-hybridized carbons (Fsp3) is 0.0833. The Morgan fingerprint density at radius 1 is 1.22 bits per heavy atom. The lowest BCUT2D eigenvalue weighted by atomic mass is 10.0. The molecule has 0 saturated heterocycles. The highest BCUT2D eigenvalue weighted by Gasteiger charge is 2.20. The zero-order valence-corrected chi connectivity index (χ0v) is 12.2. The smallest absolute Gasteiger partial charge is 0.197 e. The summed E-state index contributed by atoms with van der Waals surface area (Å²) < 4.78 is 27.7. The maximum atomic E-state index is 13.6. The Hall–Kier alpha value is -0.780. The van der Waals surface area contributed by atoms with E-state index in [1.807, 2.05) is 0 Å². The van der Waals surface area contributed by atoms with Crippen LogP contribution in [0.5, 0.6) is 0 Å². The molecule has 0 atom stereocenters. The fourth-order valence-electron chi connectivity index (χ4n) is 1.51. The van der Waals surface area contributed by atoms with E-state index in [1.165, 1.54) is 11.3 Å². The Balaban J connectivity index is 2.53. The highest BCUT2D eigenvalue weighted by molar-refractivity contribution is 9.11. The van der Waals surface area contributed by atoms with Crippen molar-refractivity contribution >= 4 is 44.7 Å². The molecule has 0 amide bonds. The summed E-state index contributed by atoms with van der Waals surface area (Å²) in [6.07, 6.45) is 0. The van der Waals surface area contributed by atoms with Crippen LogP contribution in [0.15, 0.2) is 22.0 Å². The van der Waals surface area contributed by atoms with E-state index in [-0.39, 0.29) is 10.6 Å². The zero-order valence-electron chi connectivity index (χ0n) is 9.06. The van der Waals surface area contributed by atoms with Gasteiger partial charge in [0.05, 0.1) is 14.4 Å². The second kappa shape index (κ2) is 5.07. The van der Waals surface area contributed by atoms with E-state index in [4.69, 9.17) is 11.6 Å². The van der Waals surface area contributed by atoms with Crippen LogP contribution >= 0.6 is 38.9 Å². The normalized spacial score (nSPS) is 10.7. The van der Waals surface area contributed by atoms with Gasteiger partial charge in [0.25, 0.3) is 0 Å². The van der Waals surface area contributed by atoms with Gasteiger partial charge in [-0.2, -0.15) is 0 Å². The summed E-state index contributed by atoms with van der Waals surface area (Å²) in [5, 5.41) is -0.340. The Bertz CT molecular complexity index is 639. The first-order chi connectivity index (χ1) is 8.40. The molecule has 2 aromatic rings. The van der Waals surface area contributed by atoms with Crippen LogP contribution in [0.25, 0.3) is 0 Å². The van der Waals surface area contributed by atoms with Crippen LogP contribution in [0.3, 0.4) is 0 Å². The van der Waals surface area contributed by atoms with Crippen molar-refractivity contribution in [3.63, 3.8) is 0 Å². The average molecular weight is 352 g/mol. The Morgan fingerprint density at radius 2 is 1.89 bits per heavy atom. The number of benzene rings is 1. The van der Waals surface area contributed by atoms with Gasteiger partial charge >= 0.3 is 0 Å². The maximum Gasteiger partial charge on any atom is 0.197 e. The van der Waals surface area contributed by atoms with Crippen molar-refractivity contribution in [1.82, 2.24) is 0 Å². The Kier molecular flexibility index (Phi) is 3.84. The van der Waals surface area contributed by atoms with Gasteiger partial charge in [0, 0.05) is 10.4 Å². The number of hydrogen-bond acceptors (Lipinski definition) is 2. The predicted molar refractivity (Wildman–Crippen MR) is 71.6 cm³/mol. The molecule has 0 aliphatic heterocycles. The highest BCUT2D eigenvalue weighted by Crippen LogP contribution is 2.29. The van der Waals surface area contributed by atoms with Crippen molar-refractivity contribution in [2.75, 3.05) is 0 Å². The van der Waals surface area contributed by atoms with Gasteiger partial charge in [-0.25, -0.2) is 8.78 Å². The molecule has 0 aliphatic rings. The number of carbonyl (C=O) groups excluding carboxylic acids is 1. The number of thiophene rings is 1. The maximum absolute atomic E-state index is 13.6. The molecule has 0 bridgehead atoms. The first kappa shape index (κ1) is 13.6. The third-order valence-electron chi connectivity index (χ3n) is 2.39. The number of halogens is 4. The topological polar surface area (TPSA) is 17.1 Å². The number of carbonyl (C=O) groups is 1. The first-order valence-electron chi connectivity index (χ1n) is 4.85. The third kappa shape index (κ3) is 2.48. The lowest BCUT2D eigenvalue weighted by Gasteiger charge is -2.03. The largest absolute Gasteiger partial charge is 0.288 e. The minimum atomic E-state index is -0.826. The van der Waals surface area contributed by atoms with Crippen LogP contribution in [0.4, 0.5) is 8.78 Å². The van der Waals surface area contributed by atoms with Crippen molar-refractivity contribution in [2.24, 2.45) is 0 Å². The van der Waals surface area contributed by atoms with Crippen molar-refractivity contribution < 1.29 is 13.6 Å². The summed E-state index contributed by atoms with van der Waals surface area (Å²) in [4.78, 5) is 12.8. The molecule has 18 heavy (non-hydrogen) atoms. The van der Waals surface area contributed by atoms with Gasteiger partial charge in [-0.05, 0) is 41.1 Å². The van der Waals surface area contributed by atoms with Crippen LogP contribution in [0.1, 0.15) is 20.8 Å². The van der Waals surface area contributed by atoms with Crippen LogP contribution < -0.4 is 0 Å². The molecule has 1 nitrogen and oxygen atoms in total. The molecule has 0 unspecified atom stereocenters. The van der Waals surface area contributed by atoms with E-state index in [0.717, 1.165) is 20.8 Å². The van der Waals surface area contributed by atoms with E-state index in [1.54, 1.807) is 13.0 Å². The lowest BCUT2D eigenvalue weighted by molar-refractivity contribution is 0.103. The van der Waals surface area contributed by atoms with E-state index in [9.17, 15) is 13.6 Å². The molecule has 0 aliphatic carbocycles. The van der Waals surface area contributed by atoms with E-state index in [0.29, 0.717) is 5.56 Å². The molecule has 0 spiro atoms. The first-order valence-corrected chi connectivity index (χ1v) is 6.84. The molecular weight excluding hydrogens is 346 g/mol. The van der Waals surface area contributed by atoms with Gasteiger partial charge in [0.1, 0.15) is 11.6 Å². The number of ketones is 1. The fourth-order valence-corrected chi connectivity index (χ4v) is 3.35. The molecule has 0 saturated carbocycles. The van der Waals surface area contributed by atoms with Crippen molar-refractivity contribution in [2.45, 2.75) is 6.92 Å². The summed E-state index contributed by atoms with van der Waals surface area (Å²) in [6, 6.07) is 3.22. The molecular formula is C12H6BrClF2OS. The summed E-state index contributed by atoms with van der Waals surface area (Å²) >= 11 is 10.0. The monoisotopic (exact) mass is 350 g/mol. The quantitative estimate of drug-likeness (QED) is 0.551. The van der Waals surface area contributed by atoms with Gasteiger partial charge in [0.15, 0.2) is 5.78 Å². The second-order valence-corrected chi connectivity index (χ2v) is 6.64. The molecule has 6 heteroatoms. The second-order valence-electron chi connectivity index (χ2n) is 3.60. The molecule has 1 heterocycles. The summed E-state index contributed by atoms with van der Waals surface area (Å²) in [5.41, 5.74) is 0.0396. The predicted octanol–water partition coefficient (Wildman–Crippen LogP) is 4.98. The zero-order chi connectivity index (χ0) is 13.4. The van der Waals surface area contributed by atoms with Crippen molar-refractivity contribution in [1.29, 1.82) is 0 Å². The SMILES string of the molecule is Cc1sc(Br)cc1C(=O)c1cc(F)c(Cl)cc1F. The standard InChI is InChI=1S/C12H6BrClF2OS/c1-5-6(3-11(13)18-5)12(17)7-2-10(16)8(14)4-9(7)15/h2-4H,1H3. The van der Waals surface area contributed by atoms with E-state index in [2.05, 4.69) is 15.9 Å². The number of rotatable bonds is 2. The summed E-state index contributed by atoms with van der Waals surface area (Å²) in [5.74, 6) is -2.19. The van der Waals surface area contributed by atoms with Gasteiger partial charge in [-0.15, -0.1) is 11.3 Å². The van der Waals surface area contributed by atoms with Crippen LogP contribution in [-0.4, -0.2) is 5.78 Å². The van der Waals surface area contributed by atoms with Crippen LogP contribution in [0, 0.1) is 18.6 Å². The molecule has 0 fully saturated rings. The van der Waals surface area contributed by atoms with Crippen LogP contribution in [-0.2, 0) is 0 Å². The Labute approximate surface area is 120 Å². The highest BCUT2D eigenvalue weighted by atomic mass is 79.9. The van der Waals surface area contributed by atoms with Gasteiger partial charge in [0.2, 0.25) is 0 Å². The minimum Gasteiger partial charge on any atom is -0.288 e. The average Bonchev–Trinajstić information content (AvgIpc) is 2.62. The van der Waals surface area contributed by atoms with E-state index < -0.39 is 17.4 Å². The molecule has 0 radical (unpaired) electrons. The lowest BCUT2D eigenvalue weighted by Crippen LogP contribution is -2.05. The van der Waals surface area contributed by atoms with Crippen molar-refractivity contribution in [3.05, 3.63) is 54.6 Å². The molecule has 2 rings (SSSR count). The Morgan fingerprint density at radius 3 is 2.44 bits per heavy atom. The molecule has 94 valence electrons. The van der Waals surface area contributed by atoms with Crippen LogP contribution in [0.2, 0.25) is 5.02 Å². The summed E-state index contributed by atoms with van der Waals surface area (Å²) in [6.45, 7) is 1.74. The summed E-state index contributed by atoms with van der Waals surface area (Å²) in [7, 11) is 0. The number of aryl methyl sites for hydroxylation is 1. The van der Waals surface area contributed by atoms with Gasteiger partial charge in [-0.3, -0.25) is 4.79 Å². The van der Waals surface area contributed by atoms with Gasteiger partial charge < -0.3 is 0 Å². The van der Waals surface area contributed by atoms with Crippen molar-refractivity contribution in [3.8, 4) is 0 Å².